The largest absolute Gasteiger partial charge is 0.352 e. The molecule has 1 saturated heterocycles. The average Bonchev–Trinajstić information content (AvgIpc) is 2.66. The molecule has 2 aromatic rings. The summed E-state index contributed by atoms with van der Waals surface area (Å²) in [6, 6.07) is 14.1. The van der Waals surface area contributed by atoms with Gasteiger partial charge in [0.25, 0.3) is 10.2 Å². The topological polar surface area (TPSA) is 69.7 Å². The zero-order chi connectivity index (χ0) is 18.7. The lowest BCUT2D eigenvalue weighted by atomic mass is 9.98. The first-order valence-corrected chi connectivity index (χ1v) is 10.2. The predicted molar refractivity (Wildman–Crippen MR) is 103 cm³/mol. The Labute approximate surface area is 155 Å². The molecule has 1 aliphatic heterocycles. The Morgan fingerprint density at radius 1 is 1.19 bits per heavy atom. The summed E-state index contributed by atoms with van der Waals surface area (Å²) in [5.41, 5.74) is 1.06. The van der Waals surface area contributed by atoms with Crippen molar-refractivity contribution >= 4 is 26.9 Å². The molecule has 0 radical (unpaired) electrons. The van der Waals surface area contributed by atoms with Crippen molar-refractivity contribution in [3.63, 3.8) is 0 Å². The van der Waals surface area contributed by atoms with Gasteiger partial charge in [-0.3, -0.25) is 4.79 Å². The number of carbonyl (C=O) groups excluding carboxylic acids is 1. The molecule has 1 aliphatic rings. The summed E-state index contributed by atoms with van der Waals surface area (Å²) in [5.74, 6) is -0.398. The third-order valence-electron chi connectivity index (χ3n) is 4.88. The monoisotopic (exact) mass is 375 g/mol. The van der Waals surface area contributed by atoms with Crippen LogP contribution in [0.25, 0.3) is 10.8 Å². The molecule has 7 heteroatoms. The van der Waals surface area contributed by atoms with E-state index in [2.05, 4.69) is 5.32 Å². The summed E-state index contributed by atoms with van der Waals surface area (Å²) in [4.78, 5) is 12.6. The average molecular weight is 375 g/mol. The Morgan fingerprint density at radius 3 is 2.69 bits per heavy atom. The Kier molecular flexibility index (Phi) is 5.60. The summed E-state index contributed by atoms with van der Waals surface area (Å²) < 4.78 is 27.2. The number of hydrogen-bond donors (Lipinski definition) is 1. The van der Waals surface area contributed by atoms with Gasteiger partial charge in [-0.05, 0) is 29.2 Å². The maximum absolute atomic E-state index is 12.6. The van der Waals surface area contributed by atoms with Crippen LogP contribution < -0.4 is 5.32 Å². The molecule has 1 atom stereocenters. The highest BCUT2D eigenvalue weighted by atomic mass is 32.2. The van der Waals surface area contributed by atoms with Crippen molar-refractivity contribution in [1.82, 2.24) is 13.9 Å². The van der Waals surface area contributed by atoms with Crippen LogP contribution in [0.4, 0.5) is 0 Å². The number of rotatable bonds is 5. The maximum Gasteiger partial charge on any atom is 0.281 e. The Balaban J connectivity index is 1.66. The number of benzene rings is 2. The molecule has 0 bridgehead atoms. The molecule has 1 amide bonds. The second-order valence-corrected chi connectivity index (χ2v) is 8.99. The summed E-state index contributed by atoms with van der Waals surface area (Å²) in [6.45, 7) is 1.15. The lowest BCUT2D eigenvalue weighted by molar-refractivity contribution is -0.126. The van der Waals surface area contributed by atoms with Gasteiger partial charge >= 0.3 is 0 Å². The Morgan fingerprint density at radius 2 is 1.92 bits per heavy atom. The lowest BCUT2D eigenvalue weighted by Gasteiger charge is -2.32. The number of fused-ring (bicyclic) bond motifs is 1. The highest BCUT2D eigenvalue weighted by Crippen LogP contribution is 2.21. The minimum atomic E-state index is -3.48. The van der Waals surface area contributed by atoms with E-state index in [1.165, 1.54) is 22.7 Å². The highest BCUT2D eigenvalue weighted by molar-refractivity contribution is 7.86. The second-order valence-electron chi connectivity index (χ2n) is 6.84. The first-order valence-electron chi connectivity index (χ1n) is 8.81. The Hall–Kier alpha value is -1.96. The van der Waals surface area contributed by atoms with Crippen LogP contribution in [0.2, 0.25) is 0 Å². The van der Waals surface area contributed by atoms with E-state index in [0.717, 1.165) is 16.3 Å². The van der Waals surface area contributed by atoms with E-state index < -0.39 is 10.2 Å². The molecule has 3 rings (SSSR count). The zero-order valence-electron chi connectivity index (χ0n) is 15.2. The van der Waals surface area contributed by atoms with Crippen molar-refractivity contribution in [3.05, 3.63) is 48.0 Å². The van der Waals surface area contributed by atoms with Crippen molar-refractivity contribution < 1.29 is 13.2 Å². The number of carbonyl (C=O) groups is 1. The van der Waals surface area contributed by atoms with Crippen LogP contribution in [0.3, 0.4) is 0 Å². The first-order chi connectivity index (χ1) is 12.4. The van der Waals surface area contributed by atoms with Gasteiger partial charge in [0.15, 0.2) is 0 Å². The van der Waals surface area contributed by atoms with Crippen LogP contribution in [0, 0.1) is 5.92 Å². The van der Waals surface area contributed by atoms with Crippen LogP contribution in [-0.2, 0) is 21.5 Å². The third-order valence-corrected chi connectivity index (χ3v) is 6.78. The van der Waals surface area contributed by atoms with Gasteiger partial charge in [-0.15, -0.1) is 0 Å². The summed E-state index contributed by atoms with van der Waals surface area (Å²) in [6.07, 6.45) is 1.40. The summed E-state index contributed by atoms with van der Waals surface area (Å²) in [7, 11) is -0.449. The molecule has 26 heavy (non-hydrogen) atoms. The maximum atomic E-state index is 12.6. The number of amides is 1. The van der Waals surface area contributed by atoms with E-state index in [9.17, 15) is 13.2 Å². The molecule has 0 unspecified atom stereocenters. The van der Waals surface area contributed by atoms with Crippen molar-refractivity contribution in [3.8, 4) is 0 Å². The van der Waals surface area contributed by atoms with Crippen molar-refractivity contribution in [2.24, 2.45) is 5.92 Å². The number of piperidine rings is 1. The van der Waals surface area contributed by atoms with Gasteiger partial charge in [0.05, 0.1) is 5.92 Å². The zero-order valence-corrected chi connectivity index (χ0v) is 16.0. The quantitative estimate of drug-likeness (QED) is 0.869. The number of hydrogen-bond acceptors (Lipinski definition) is 3. The van der Waals surface area contributed by atoms with Gasteiger partial charge in [-0.25, -0.2) is 0 Å². The van der Waals surface area contributed by atoms with E-state index in [1.54, 1.807) is 0 Å². The molecule has 0 aromatic heterocycles. The minimum absolute atomic E-state index is 0.0865. The third kappa shape index (κ3) is 3.90. The van der Waals surface area contributed by atoms with Crippen LogP contribution in [0.15, 0.2) is 42.5 Å². The fourth-order valence-corrected chi connectivity index (χ4v) is 4.56. The van der Waals surface area contributed by atoms with E-state index in [-0.39, 0.29) is 18.4 Å². The second kappa shape index (κ2) is 7.73. The Bertz CT molecular complexity index is 891. The normalized spacial score (nSPS) is 19.0. The van der Waals surface area contributed by atoms with Gasteiger partial charge in [-0.2, -0.15) is 17.0 Å². The van der Waals surface area contributed by atoms with Crippen LogP contribution >= 0.6 is 0 Å². The first kappa shape index (κ1) is 18.8. The molecule has 1 heterocycles. The van der Waals surface area contributed by atoms with E-state index >= 15 is 0 Å². The van der Waals surface area contributed by atoms with Crippen LogP contribution in [0.5, 0.6) is 0 Å². The molecule has 6 nitrogen and oxygen atoms in total. The van der Waals surface area contributed by atoms with Crippen LogP contribution in [-0.4, -0.2) is 50.1 Å². The van der Waals surface area contributed by atoms with Gasteiger partial charge in [0.1, 0.15) is 0 Å². The molecule has 2 aromatic carbocycles. The van der Waals surface area contributed by atoms with Crippen LogP contribution in [0.1, 0.15) is 18.4 Å². The number of nitrogens with one attached hydrogen (secondary N) is 1. The van der Waals surface area contributed by atoms with E-state index in [1.807, 2.05) is 42.5 Å². The molecule has 0 saturated carbocycles. The standard InChI is InChI=1S/C19H25N3O3S/c1-21(2)26(24,25)22-12-6-10-17(14-22)19(23)20-13-16-9-5-8-15-7-3-4-11-18(15)16/h3-5,7-9,11,17H,6,10,12-14H2,1-2H3,(H,20,23)/t17-/m0/s1. The highest BCUT2D eigenvalue weighted by Gasteiger charge is 2.33. The number of nitrogens with zero attached hydrogens (tertiary/aromatic N) is 2. The summed E-state index contributed by atoms with van der Waals surface area (Å²) >= 11 is 0. The minimum Gasteiger partial charge on any atom is -0.352 e. The van der Waals surface area contributed by atoms with Gasteiger partial charge in [0, 0.05) is 33.7 Å². The molecule has 0 aliphatic carbocycles. The lowest BCUT2D eigenvalue weighted by Crippen LogP contribution is -2.48. The summed E-state index contributed by atoms with van der Waals surface area (Å²) in [5, 5.41) is 5.25. The van der Waals surface area contributed by atoms with Gasteiger partial charge in [-0.1, -0.05) is 42.5 Å². The fraction of sp³-hybridized carbons (Fsp3) is 0.421. The molecule has 1 fully saturated rings. The van der Waals surface area contributed by atoms with Crippen molar-refractivity contribution in [2.75, 3.05) is 27.2 Å². The molecular formula is C19H25N3O3S. The molecule has 0 spiro atoms. The molecule has 140 valence electrons. The SMILES string of the molecule is CN(C)S(=O)(=O)N1CCC[C@H](C(=O)NCc2cccc3ccccc23)C1. The van der Waals surface area contributed by atoms with Gasteiger partial charge < -0.3 is 5.32 Å². The molecule has 1 N–H and O–H groups in total. The smallest absolute Gasteiger partial charge is 0.281 e. The van der Waals surface area contributed by atoms with Gasteiger partial charge in [0.2, 0.25) is 5.91 Å². The van der Waals surface area contributed by atoms with Crippen molar-refractivity contribution in [2.45, 2.75) is 19.4 Å². The molecular weight excluding hydrogens is 350 g/mol. The predicted octanol–water partition coefficient (Wildman–Crippen LogP) is 1.97. The fourth-order valence-electron chi connectivity index (χ4n) is 3.37. The van der Waals surface area contributed by atoms with Crippen molar-refractivity contribution in [1.29, 1.82) is 0 Å². The van der Waals surface area contributed by atoms with E-state index in [4.69, 9.17) is 0 Å². The van der Waals surface area contributed by atoms with E-state index in [0.29, 0.717) is 25.9 Å².